The minimum absolute atomic E-state index is 0.214. The SMILES string of the molecule is O=[C]([Ti])Cc1ccccc1. The van der Waals surface area contributed by atoms with Crippen LogP contribution in [0.25, 0.3) is 0 Å². The van der Waals surface area contributed by atoms with E-state index in [2.05, 4.69) is 0 Å². The number of carbonyl (C=O) groups excluding carboxylic acids is 1. The first-order valence-electron chi connectivity index (χ1n) is 3.07. The molecule has 0 aromatic heterocycles. The molecule has 1 rings (SSSR count). The first-order chi connectivity index (χ1) is 4.79. The molecular formula is C8H7OTi. The third-order valence-electron chi connectivity index (χ3n) is 1.21. The first-order valence-corrected chi connectivity index (χ1v) is 3.85. The molecule has 0 radical (unpaired) electrons. The quantitative estimate of drug-likeness (QED) is 0.606. The molecule has 10 heavy (non-hydrogen) atoms. The van der Waals surface area contributed by atoms with Gasteiger partial charge in [-0.2, -0.15) is 0 Å². The van der Waals surface area contributed by atoms with Crippen LogP contribution in [0.3, 0.4) is 0 Å². The van der Waals surface area contributed by atoms with E-state index < -0.39 is 0 Å². The summed E-state index contributed by atoms with van der Waals surface area (Å²) in [6.07, 6.45) is 0.556. The second-order valence-corrected chi connectivity index (χ2v) is 2.96. The van der Waals surface area contributed by atoms with Gasteiger partial charge in [-0.05, 0) is 0 Å². The third kappa shape index (κ3) is 2.46. The van der Waals surface area contributed by atoms with E-state index in [1.807, 2.05) is 30.3 Å². The number of carbonyl (C=O) groups is 1. The molecule has 0 heterocycles. The molecule has 0 spiro atoms. The number of hydrogen-bond acceptors (Lipinski definition) is 1. The van der Waals surface area contributed by atoms with E-state index in [1.165, 1.54) is 0 Å². The van der Waals surface area contributed by atoms with Gasteiger partial charge in [-0.15, -0.1) is 0 Å². The van der Waals surface area contributed by atoms with Gasteiger partial charge in [0.15, 0.2) is 0 Å². The molecule has 0 aliphatic heterocycles. The van der Waals surface area contributed by atoms with Gasteiger partial charge in [-0.1, -0.05) is 0 Å². The van der Waals surface area contributed by atoms with Crippen molar-refractivity contribution >= 4 is 4.09 Å². The summed E-state index contributed by atoms with van der Waals surface area (Å²) in [5.74, 6) is 0. The normalized spacial score (nSPS) is 9.10. The summed E-state index contributed by atoms with van der Waals surface area (Å²) in [6, 6.07) is 9.75. The van der Waals surface area contributed by atoms with Crippen LogP contribution in [0.2, 0.25) is 0 Å². The fraction of sp³-hybridized carbons (Fsp3) is 0.125. The second-order valence-electron chi connectivity index (χ2n) is 2.09. The molecule has 0 N–H and O–H groups in total. The van der Waals surface area contributed by atoms with Crippen molar-refractivity contribution in [3.8, 4) is 0 Å². The standard InChI is InChI=1S/C8H7O.Ti/c9-7-6-8-4-2-1-3-5-8;/h1-5H,6H2;. The predicted octanol–water partition coefficient (Wildman–Crippen LogP) is 1.30. The van der Waals surface area contributed by atoms with E-state index in [0.717, 1.165) is 5.56 Å². The Kier molecular flexibility index (Phi) is 2.85. The second kappa shape index (κ2) is 3.69. The van der Waals surface area contributed by atoms with Crippen LogP contribution in [0.1, 0.15) is 5.56 Å². The Balaban J connectivity index is 2.67. The molecule has 0 bridgehead atoms. The Morgan fingerprint density at radius 1 is 1.30 bits per heavy atom. The Morgan fingerprint density at radius 3 is 2.40 bits per heavy atom. The van der Waals surface area contributed by atoms with Gasteiger partial charge in [0, 0.05) is 0 Å². The van der Waals surface area contributed by atoms with Gasteiger partial charge in [-0.25, -0.2) is 0 Å². The van der Waals surface area contributed by atoms with Crippen LogP contribution in [0.5, 0.6) is 0 Å². The van der Waals surface area contributed by atoms with Crippen LogP contribution in [0.15, 0.2) is 30.3 Å². The maximum atomic E-state index is 10.6. The van der Waals surface area contributed by atoms with E-state index in [-0.39, 0.29) is 4.09 Å². The minimum atomic E-state index is 0.214. The number of rotatable bonds is 2. The summed E-state index contributed by atoms with van der Waals surface area (Å²) < 4.78 is 0.214. The van der Waals surface area contributed by atoms with Crippen molar-refractivity contribution in [3.05, 3.63) is 35.9 Å². The molecule has 1 nitrogen and oxygen atoms in total. The molecule has 0 fully saturated rings. The Morgan fingerprint density at radius 2 is 1.90 bits per heavy atom. The molecule has 0 saturated heterocycles. The zero-order valence-electron chi connectivity index (χ0n) is 5.50. The molecule has 0 saturated carbocycles. The summed E-state index contributed by atoms with van der Waals surface area (Å²) in [7, 11) is 0. The van der Waals surface area contributed by atoms with Gasteiger partial charge in [0.05, 0.1) is 0 Å². The summed E-state index contributed by atoms with van der Waals surface area (Å²) in [5, 5.41) is 0. The zero-order chi connectivity index (χ0) is 7.40. The van der Waals surface area contributed by atoms with Crippen LogP contribution in [-0.2, 0) is 31.7 Å². The average molecular weight is 167 g/mol. The Bertz CT molecular complexity index is 218. The van der Waals surface area contributed by atoms with Gasteiger partial charge in [0.1, 0.15) is 0 Å². The van der Waals surface area contributed by atoms with Crippen molar-refractivity contribution in [1.29, 1.82) is 0 Å². The third-order valence-corrected chi connectivity index (χ3v) is 1.48. The average Bonchev–Trinajstić information content (AvgIpc) is 1.88. The molecule has 0 aliphatic carbocycles. The van der Waals surface area contributed by atoms with Crippen LogP contribution in [0, 0.1) is 0 Å². The van der Waals surface area contributed by atoms with Crippen molar-refractivity contribution in [1.82, 2.24) is 0 Å². The fourth-order valence-electron chi connectivity index (χ4n) is 0.781. The van der Waals surface area contributed by atoms with E-state index in [0.29, 0.717) is 6.42 Å². The van der Waals surface area contributed by atoms with Crippen LogP contribution >= 0.6 is 0 Å². The summed E-state index contributed by atoms with van der Waals surface area (Å²) in [5.41, 5.74) is 1.09. The molecule has 1 aromatic rings. The zero-order valence-corrected chi connectivity index (χ0v) is 7.06. The fourth-order valence-corrected chi connectivity index (χ4v) is 1.10. The van der Waals surface area contributed by atoms with Gasteiger partial charge in [-0.3, -0.25) is 0 Å². The Hall–Kier alpha value is -0.396. The van der Waals surface area contributed by atoms with Gasteiger partial charge < -0.3 is 0 Å². The summed E-state index contributed by atoms with van der Waals surface area (Å²) in [4.78, 5) is 10.6. The number of benzene rings is 1. The maximum absolute atomic E-state index is 10.6. The van der Waals surface area contributed by atoms with Crippen molar-refractivity contribution in [2.45, 2.75) is 6.42 Å². The van der Waals surface area contributed by atoms with Crippen molar-refractivity contribution in [2.75, 3.05) is 0 Å². The summed E-state index contributed by atoms with van der Waals surface area (Å²) >= 11 is 1.60. The molecule has 1 aromatic carbocycles. The van der Waals surface area contributed by atoms with Crippen LogP contribution in [-0.4, -0.2) is 4.09 Å². The predicted molar refractivity (Wildman–Crippen MR) is 35.2 cm³/mol. The van der Waals surface area contributed by atoms with Crippen molar-refractivity contribution < 1.29 is 25.2 Å². The number of hydrogen-bond donors (Lipinski definition) is 0. The molecule has 0 aliphatic rings. The van der Waals surface area contributed by atoms with Gasteiger partial charge in [0.25, 0.3) is 0 Å². The molecular weight excluding hydrogens is 160 g/mol. The van der Waals surface area contributed by atoms with Gasteiger partial charge >= 0.3 is 71.6 Å². The van der Waals surface area contributed by atoms with Crippen LogP contribution < -0.4 is 0 Å². The topological polar surface area (TPSA) is 17.1 Å². The van der Waals surface area contributed by atoms with Crippen molar-refractivity contribution in [2.24, 2.45) is 0 Å². The van der Waals surface area contributed by atoms with E-state index in [9.17, 15) is 4.79 Å². The molecule has 2 heteroatoms. The molecule has 49 valence electrons. The monoisotopic (exact) mass is 167 g/mol. The molecule has 0 amide bonds. The van der Waals surface area contributed by atoms with Crippen LogP contribution in [0.4, 0.5) is 0 Å². The molecule has 0 atom stereocenters. The first kappa shape index (κ1) is 7.71. The Labute approximate surface area is 71.8 Å². The van der Waals surface area contributed by atoms with Gasteiger partial charge in [0.2, 0.25) is 0 Å². The van der Waals surface area contributed by atoms with Crippen molar-refractivity contribution in [3.63, 3.8) is 0 Å². The van der Waals surface area contributed by atoms with E-state index >= 15 is 0 Å². The molecule has 0 unspecified atom stereocenters. The summed E-state index contributed by atoms with van der Waals surface area (Å²) in [6.45, 7) is 0. The van der Waals surface area contributed by atoms with E-state index in [1.54, 1.807) is 20.4 Å². The van der Waals surface area contributed by atoms with E-state index in [4.69, 9.17) is 0 Å².